The van der Waals surface area contributed by atoms with E-state index in [2.05, 4.69) is 0 Å². The second-order valence-electron chi connectivity index (χ2n) is 2.51. The van der Waals surface area contributed by atoms with Crippen LogP contribution in [0.1, 0.15) is 5.56 Å². The lowest BCUT2D eigenvalue weighted by Gasteiger charge is -2.17. The van der Waals surface area contributed by atoms with Crippen molar-refractivity contribution < 1.29 is 9.47 Å². The molecule has 0 saturated carbocycles. The Labute approximate surface area is 75.1 Å². The van der Waals surface area contributed by atoms with E-state index in [1.807, 2.05) is 6.07 Å². The lowest BCUT2D eigenvalue weighted by molar-refractivity contribution is 0.210. The molecular formula is C8H7NO2S. The molecule has 0 spiro atoms. The molecule has 4 heteroatoms. The molecule has 1 aliphatic heterocycles. The van der Waals surface area contributed by atoms with Crippen molar-refractivity contribution in [3.8, 4) is 5.75 Å². The van der Waals surface area contributed by atoms with Gasteiger partial charge in [0, 0.05) is 23.5 Å². The maximum absolute atomic E-state index is 5.57. The van der Waals surface area contributed by atoms with Crippen LogP contribution in [-0.2, 0) is 11.3 Å². The molecule has 1 aromatic carbocycles. The topological polar surface area (TPSA) is 44.5 Å². The van der Waals surface area contributed by atoms with Crippen LogP contribution < -0.4 is 10.5 Å². The Morgan fingerprint density at radius 3 is 3.08 bits per heavy atom. The van der Waals surface area contributed by atoms with E-state index in [0.29, 0.717) is 12.3 Å². The molecule has 3 nitrogen and oxygen atoms in total. The molecule has 0 unspecified atom stereocenters. The highest BCUT2D eigenvalue weighted by atomic mass is 32.1. The summed E-state index contributed by atoms with van der Waals surface area (Å²) in [6.45, 7) is 0.444. The van der Waals surface area contributed by atoms with Crippen LogP contribution in [0.25, 0.3) is 0 Å². The highest BCUT2D eigenvalue weighted by Crippen LogP contribution is 2.25. The van der Waals surface area contributed by atoms with Crippen LogP contribution in [0.4, 0.5) is 5.69 Å². The molecule has 0 aliphatic carbocycles. The Morgan fingerprint density at radius 2 is 2.25 bits per heavy atom. The van der Waals surface area contributed by atoms with E-state index < -0.39 is 0 Å². The van der Waals surface area contributed by atoms with Gasteiger partial charge in [-0.2, -0.15) is 0 Å². The summed E-state index contributed by atoms with van der Waals surface area (Å²) in [6.07, 6.45) is 0. The van der Waals surface area contributed by atoms with Gasteiger partial charge in [0.15, 0.2) is 0 Å². The molecule has 0 radical (unpaired) electrons. The van der Waals surface area contributed by atoms with Crippen LogP contribution in [0.2, 0.25) is 0 Å². The van der Waals surface area contributed by atoms with Gasteiger partial charge in [-0.1, -0.05) is 0 Å². The summed E-state index contributed by atoms with van der Waals surface area (Å²) >= 11 is 4.74. The van der Waals surface area contributed by atoms with Crippen LogP contribution in [0.15, 0.2) is 18.2 Å². The third-order valence-corrected chi connectivity index (χ3v) is 1.82. The second kappa shape index (κ2) is 2.64. The molecule has 12 heavy (non-hydrogen) atoms. The van der Waals surface area contributed by atoms with E-state index in [1.54, 1.807) is 12.1 Å². The number of hydrogen-bond acceptors (Lipinski definition) is 4. The van der Waals surface area contributed by atoms with Crippen molar-refractivity contribution in [3.05, 3.63) is 23.8 Å². The van der Waals surface area contributed by atoms with Gasteiger partial charge in [-0.3, -0.25) is 0 Å². The molecule has 0 saturated heterocycles. The first-order valence-corrected chi connectivity index (χ1v) is 3.89. The Bertz CT molecular complexity index is 338. The Balaban J connectivity index is 2.43. The van der Waals surface area contributed by atoms with Gasteiger partial charge in [-0.25, -0.2) is 0 Å². The van der Waals surface area contributed by atoms with Crippen LogP contribution in [0, 0.1) is 0 Å². The number of hydrogen-bond donors (Lipinski definition) is 1. The summed E-state index contributed by atoms with van der Waals surface area (Å²) < 4.78 is 10.2. The van der Waals surface area contributed by atoms with Gasteiger partial charge in [0.25, 0.3) is 0 Å². The maximum Gasteiger partial charge on any atom is 0.358 e. The second-order valence-corrected chi connectivity index (χ2v) is 2.84. The molecule has 0 bridgehead atoms. The molecule has 1 aromatic rings. The third kappa shape index (κ3) is 1.21. The monoisotopic (exact) mass is 181 g/mol. The molecule has 0 aromatic heterocycles. The van der Waals surface area contributed by atoms with Crippen LogP contribution in [-0.4, -0.2) is 5.24 Å². The summed E-state index contributed by atoms with van der Waals surface area (Å²) in [5.74, 6) is 0.737. The van der Waals surface area contributed by atoms with Gasteiger partial charge >= 0.3 is 5.24 Å². The third-order valence-electron chi connectivity index (χ3n) is 1.62. The average molecular weight is 181 g/mol. The lowest BCUT2D eigenvalue weighted by Crippen LogP contribution is -2.16. The Hall–Kier alpha value is -1.29. The lowest BCUT2D eigenvalue weighted by atomic mass is 10.2. The molecule has 0 fully saturated rings. The normalized spacial score (nSPS) is 14.5. The highest BCUT2D eigenvalue weighted by Gasteiger charge is 2.14. The van der Waals surface area contributed by atoms with Crippen molar-refractivity contribution >= 4 is 23.1 Å². The van der Waals surface area contributed by atoms with Crippen LogP contribution in [0.3, 0.4) is 0 Å². The first-order chi connectivity index (χ1) is 5.75. The largest absolute Gasteiger partial charge is 0.452 e. The fourth-order valence-electron chi connectivity index (χ4n) is 1.07. The van der Waals surface area contributed by atoms with Gasteiger partial charge in [0.05, 0.1) is 0 Å². The number of benzene rings is 1. The SMILES string of the molecule is Nc1ccc2c(c1)COC(=S)O2. The Morgan fingerprint density at radius 1 is 1.42 bits per heavy atom. The minimum Gasteiger partial charge on any atom is -0.452 e. The van der Waals surface area contributed by atoms with E-state index in [-0.39, 0.29) is 5.24 Å². The average Bonchev–Trinajstić information content (AvgIpc) is 2.05. The molecule has 1 aliphatic rings. The van der Waals surface area contributed by atoms with Gasteiger partial charge in [0.2, 0.25) is 0 Å². The summed E-state index contributed by atoms with van der Waals surface area (Å²) in [6, 6.07) is 5.38. The highest BCUT2D eigenvalue weighted by molar-refractivity contribution is 7.79. The summed E-state index contributed by atoms with van der Waals surface area (Å²) in [4.78, 5) is 0. The molecule has 1 heterocycles. The number of anilines is 1. The van der Waals surface area contributed by atoms with Gasteiger partial charge in [0.1, 0.15) is 12.4 Å². The molecule has 0 atom stereocenters. The molecule has 62 valence electrons. The summed E-state index contributed by atoms with van der Waals surface area (Å²) in [7, 11) is 0. The van der Waals surface area contributed by atoms with E-state index in [9.17, 15) is 0 Å². The Kier molecular flexibility index (Phi) is 1.62. The minimum atomic E-state index is 0.173. The van der Waals surface area contributed by atoms with E-state index >= 15 is 0 Å². The zero-order chi connectivity index (χ0) is 8.55. The first kappa shape index (κ1) is 7.36. The zero-order valence-corrected chi connectivity index (χ0v) is 7.06. The van der Waals surface area contributed by atoms with Gasteiger partial charge in [-0.15, -0.1) is 0 Å². The standard InChI is InChI=1S/C8H7NO2S/c9-6-1-2-7-5(3-6)4-10-8(12)11-7/h1-3H,4,9H2. The number of ether oxygens (including phenoxy) is 2. The molecule has 2 N–H and O–H groups in total. The first-order valence-electron chi connectivity index (χ1n) is 3.49. The zero-order valence-electron chi connectivity index (χ0n) is 6.24. The fraction of sp³-hybridized carbons (Fsp3) is 0.125. The smallest absolute Gasteiger partial charge is 0.358 e. The van der Waals surface area contributed by atoms with Crippen LogP contribution >= 0.6 is 12.2 Å². The van der Waals surface area contributed by atoms with Gasteiger partial charge < -0.3 is 15.2 Å². The predicted octanol–water partition coefficient (Wildman–Crippen LogP) is 1.46. The van der Waals surface area contributed by atoms with Crippen molar-refractivity contribution in [2.75, 3.05) is 5.73 Å². The molecular weight excluding hydrogens is 174 g/mol. The van der Waals surface area contributed by atoms with Gasteiger partial charge in [-0.05, 0) is 18.2 Å². The quantitative estimate of drug-likeness (QED) is 0.486. The molecule has 0 amide bonds. The van der Waals surface area contributed by atoms with Crippen molar-refractivity contribution in [1.82, 2.24) is 0 Å². The van der Waals surface area contributed by atoms with E-state index in [4.69, 9.17) is 27.4 Å². The maximum atomic E-state index is 5.57. The van der Waals surface area contributed by atoms with Crippen molar-refractivity contribution in [2.45, 2.75) is 6.61 Å². The molecule has 2 rings (SSSR count). The predicted molar refractivity (Wildman–Crippen MR) is 48.9 cm³/mol. The number of rotatable bonds is 0. The number of fused-ring (bicyclic) bond motifs is 1. The fourth-order valence-corrected chi connectivity index (χ4v) is 1.22. The van der Waals surface area contributed by atoms with E-state index in [1.165, 1.54) is 0 Å². The number of nitrogen functional groups attached to an aromatic ring is 1. The van der Waals surface area contributed by atoms with Crippen molar-refractivity contribution in [2.24, 2.45) is 0 Å². The van der Waals surface area contributed by atoms with Crippen molar-refractivity contribution in [3.63, 3.8) is 0 Å². The number of thiocarbonyl (C=S) groups is 1. The summed E-state index contributed by atoms with van der Waals surface area (Å²) in [5.41, 5.74) is 7.21. The minimum absolute atomic E-state index is 0.173. The van der Waals surface area contributed by atoms with Crippen LogP contribution in [0.5, 0.6) is 5.75 Å². The van der Waals surface area contributed by atoms with E-state index in [0.717, 1.165) is 11.3 Å². The van der Waals surface area contributed by atoms with Crippen molar-refractivity contribution in [1.29, 1.82) is 0 Å². The summed E-state index contributed by atoms with van der Waals surface area (Å²) in [5, 5.41) is 0.173. The number of nitrogens with two attached hydrogens (primary N) is 1.